The zero-order chi connectivity index (χ0) is 16.8. The van der Waals surface area contributed by atoms with Crippen molar-refractivity contribution in [1.82, 2.24) is 5.32 Å². The van der Waals surface area contributed by atoms with Gasteiger partial charge in [0.2, 0.25) is 5.91 Å². The van der Waals surface area contributed by atoms with Crippen LogP contribution >= 0.6 is 11.6 Å². The molecule has 5 heteroatoms. The maximum Gasteiger partial charge on any atom is 0.251 e. The van der Waals surface area contributed by atoms with E-state index in [1.54, 1.807) is 29.2 Å². The molecule has 0 fully saturated rings. The Morgan fingerprint density at radius 2 is 1.87 bits per heavy atom. The number of hydrogen-bond donors (Lipinski definition) is 1. The summed E-state index contributed by atoms with van der Waals surface area (Å²) in [5.74, 6) is -0.250. The molecule has 0 saturated heterocycles. The van der Waals surface area contributed by atoms with Crippen LogP contribution in [0.2, 0.25) is 5.02 Å². The molecule has 1 N–H and O–H groups in total. The quantitative estimate of drug-likeness (QED) is 0.913. The molecule has 2 amide bonds. The Hall–Kier alpha value is -2.33. The van der Waals surface area contributed by atoms with Gasteiger partial charge in [0.15, 0.2) is 0 Å². The number of hydrogen-bond acceptors (Lipinski definition) is 2. The van der Waals surface area contributed by atoms with Gasteiger partial charge >= 0.3 is 0 Å². The molecule has 0 unspecified atom stereocenters. The summed E-state index contributed by atoms with van der Waals surface area (Å²) < 4.78 is 0. The molecule has 0 aliphatic heterocycles. The van der Waals surface area contributed by atoms with Gasteiger partial charge in [-0.2, -0.15) is 0 Å². The molecular formula is C18H19ClN2O2. The first-order valence-corrected chi connectivity index (χ1v) is 7.73. The summed E-state index contributed by atoms with van der Waals surface area (Å²) in [6, 6.07) is 14.5. The molecule has 0 aliphatic carbocycles. The van der Waals surface area contributed by atoms with E-state index in [4.69, 9.17) is 11.6 Å². The van der Waals surface area contributed by atoms with Gasteiger partial charge in [-0.05, 0) is 37.3 Å². The van der Waals surface area contributed by atoms with Crippen LogP contribution in [-0.4, -0.2) is 24.9 Å². The molecule has 4 nitrogen and oxygen atoms in total. The standard InChI is InChI=1S/C18H19ClN2O2/c1-13-5-3-6-15(11-13)18(23)20-9-10-21(14(2)22)17-8-4-7-16(19)12-17/h3-8,11-12H,9-10H2,1-2H3,(H,20,23). The predicted octanol–water partition coefficient (Wildman–Crippen LogP) is 3.43. The van der Waals surface area contributed by atoms with Crippen molar-refractivity contribution in [1.29, 1.82) is 0 Å². The van der Waals surface area contributed by atoms with Crippen LogP contribution in [-0.2, 0) is 4.79 Å². The van der Waals surface area contributed by atoms with E-state index in [0.29, 0.717) is 23.7 Å². The van der Waals surface area contributed by atoms with Crippen molar-refractivity contribution in [2.75, 3.05) is 18.0 Å². The van der Waals surface area contributed by atoms with Crippen LogP contribution in [0.25, 0.3) is 0 Å². The van der Waals surface area contributed by atoms with Crippen LogP contribution in [0.3, 0.4) is 0 Å². The maximum atomic E-state index is 12.1. The smallest absolute Gasteiger partial charge is 0.251 e. The molecule has 0 aromatic heterocycles. The van der Waals surface area contributed by atoms with E-state index in [1.165, 1.54) is 6.92 Å². The minimum atomic E-state index is -0.150. The first-order chi connectivity index (χ1) is 11.0. The van der Waals surface area contributed by atoms with Crippen LogP contribution in [0.15, 0.2) is 48.5 Å². The van der Waals surface area contributed by atoms with E-state index in [-0.39, 0.29) is 11.8 Å². The lowest BCUT2D eigenvalue weighted by atomic mass is 10.1. The lowest BCUT2D eigenvalue weighted by molar-refractivity contribution is -0.116. The Balaban J connectivity index is 1.97. The second-order valence-corrected chi connectivity index (χ2v) is 5.71. The highest BCUT2D eigenvalue weighted by Gasteiger charge is 2.12. The van der Waals surface area contributed by atoms with Crippen LogP contribution in [0.4, 0.5) is 5.69 Å². The minimum Gasteiger partial charge on any atom is -0.350 e. The fraction of sp³-hybridized carbons (Fsp3) is 0.222. The number of carbonyl (C=O) groups excluding carboxylic acids is 2. The molecule has 0 heterocycles. The Morgan fingerprint density at radius 1 is 1.13 bits per heavy atom. The van der Waals surface area contributed by atoms with Crippen LogP contribution in [0.5, 0.6) is 0 Å². The van der Waals surface area contributed by atoms with Crippen LogP contribution in [0.1, 0.15) is 22.8 Å². The molecule has 120 valence electrons. The predicted molar refractivity (Wildman–Crippen MR) is 93.0 cm³/mol. The number of anilines is 1. The van der Waals surface area contributed by atoms with Crippen molar-refractivity contribution in [3.63, 3.8) is 0 Å². The molecule has 0 bridgehead atoms. The Morgan fingerprint density at radius 3 is 2.52 bits per heavy atom. The van der Waals surface area contributed by atoms with Gasteiger partial charge in [0, 0.05) is 36.3 Å². The van der Waals surface area contributed by atoms with E-state index in [0.717, 1.165) is 11.3 Å². The van der Waals surface area contributed by atoms with Gasteiger partial charge in [0.1, 0.15) is 0 Å². The second-order valence-electron chi connectivity index (χ2n) is 5.28. The fourth-order valence-electron chi connectivity index (χ4n) is 2.28. The van der Waals surface area contributed by atoms with Crippen molar-refractivity contribution in [3.8, 4) is 0 Å². The van der Waals surface area contributed by atoms with Gasteiger partial charge in [-0.25, -0.2) is 0 Å². The summed E-state index contributed by atoms with van der Waals surface area (Å²) >= 11 is 5.97. The van der Waals surface area contributed by atoms with Crippen molar-refractivity contribution < 1.29 is 9.59 Å². The van der Waals surface area contributed by atoms with Crippen molar-refractivity contribution in [2.24, 2.45) is 0 Å². The third-order valence-electron chi connectivity index (χ3n) is 3.40. The summed E-state index contributed by atoms with van der Waals surface area (Å²) in [4.78, 5) is 25.5. The number of nitrogens with one attached hydrogen (secondary N) is 1. The van der Waals surface area contributed by atoms with E-state index >= 15 is 0 Å². The fourth-order valence-corrected chi connectivity index (χ4v) is 2.47. The number of aryl methyl sites for hydroxylation is 1. The van der Waals surface area contributed by atoms with Crippen LogP contribution < -0.4 is 10.2 Å². The summed E-state index contributed by atoms with van der Waals surface area (Å²) in [6.45, 7) is 4.17. The Bertz CT molecular complexity index is 716. The largest absolute Gasteiger partial charge is 0.350 e. The SMILES string of the molecule is CC(=O)N(CCNC(=O)c1cccc(C)c1)c1cccc(Cl)c1. The zero-order valence-corrected chi connectivity index (χ0v) is 13.9. The molecule has 0 radical (unpaired) electrons. The minimum absolute atomic E-state index is 0.0999. The maximum absolute atomic E-state index is 12.1. The molecule has 2 aromatic rings. The van der Waals surface area contributed by atoms with Gasteiger partial charge in [0.05, 0.1) is 0 Å². The van der Waals surface area contributed by atoms with Crippen molar-refractivity contribution in [2.45, 2.75) is 13.8 Å². The van der Waals surface area contributed by atoms with Gasteiger partial charge in [-0.3, -0.25) is 9.59 Å². The van der Waals surface area contributed by atoms with E-state index in [2.05, 4.69) is 5.32 Å². The highest BCUT2D eigenvalue weighted by molar-refractivity contribution is 6.30. The third kappa shape index (κ3) is 4.83. The van der Waals surface area contributed by atoms with Gasteiger partial charge in [-0.1, -0.05) is 35.4 Å². The van der Waals surface area contributed by atoms with Gasteiger partial charge in [-0.15, -0.1) is 0 Å². The van der Waals surface area contributed by atoms with Gasteiger partial charge < -0.3 is 10.2 Å². The highest BCUT2D eigenvalue weighted by atomic mass is 35.5. The number of benzene rings is 2. The zero-order valence-electron chi connectivity index (χ0n) is 13.2. The molecule has 23 heavy (non-hydrogen) atoms. The number of nitrogens with zero attached hydrogens (tertiary/aromatic N) is 1. The normalized spacial score (nSPS) is 10.2. The van der Waals surface area contributed by atoms with E-state index in [9.17, 15) is 9.59 Å². The summed E-state index contributed by atoms with van der Waals surface area (Å²) in [7, 11) is 0. The number of halogens is 1. The van der Waals surface area contributed by atoms with Crippen molar-refractivity contribution >= 4 is 29.1 Å². The topological polar surface area (TPSA) is 49.4 Å². The van der Waals surface area contributed by atoms with Crippen molar-refractivity contribution in [3.05, 3.63) is 64.7 Å². The summed E-state index contributed by atoms with van der Waals surface area (Å²) in [5, 5.41) is 3.40. The van der Waals surface area contributed by atoms with E-state index in [1.807, 2.05) is 31.2 Å². The Labute approximate surface area is 141 Å². The Kier molecular flexibility index (Phi) is 5.77. The molecule has 2 aromatic carbocycles. The third-order valence-corrected chi connectivity index (χ3v) is 3.64. The molecule has 0 saturated carbocycles. The second kappa shape index (κ2) is 7.79. The lowest BCUT2D eigenvalue weighted by Gasteiger charge is -2.21. The molecule has 0 spiro atoms. The number of carbonyl (C=O) groups is 2. The first-order valence-electron chi connectivity index (χ1n) is 7.36. The monoisotopic (exact) mass is 330 g/mol. The molecule has 0 aliphatic rings. The first kappa shape index (κ1) is 17.0. The molecule has 0 atom stereocenters. The molecule has 2 rings (SSSR count). The average molecular weight is 331 g/mol. The number of amides is 2. The van der Waals surface area contributed by atoms with Gasteiger partial charge in [0.25, 0.3) is 5.91 Å². The number of rotatable bonds is 5. The van der Waals surface area contributed by atoms with E-state index < -0.39 is 0 Å². The average Bonchev–Trinajstić information content (AvgIpc) is 2.51. The lowest BCUT2D eigenvalue weighted by Crippen LogP contribution is -2.37. The summed E-state index contributed by atoms with van der Waals surface area (Å²) in [6.07, 6.45) is 0. The summed E-state index contributed by atoms with van der Waals surface area (Å²) in [5.41, 5.74) is 2.36. The van der Waals surface area contributed by atoms with Crippen LogP contribution in [0, 0.1) is 6.92 Å². The highest BCUT2D eigenvalue weighted by Crippen LogP contribution is 2.19. The molecular weight excluding hydrogens is 312 g/mol.